The second-order valence-corrected chi connectivity index (χ2v) is 6.48. The van der Waals surface area contributed by atoms with Crippen molar-refractivity contribution in [3.05, 3.63) is 21.9 Å². The molecule has 2 heterocycles. The number of β-amino-alcohol motifs (C(OH)–C–C–N with tert-alkyl or cyclic N) is 1. The lowest BCUT2D eigenvalue weighted by atomic mass is 9.86. The normalized spacial score (nSPS) is 29.2. The Kier molecular flexibility index (Phi) is 3.52. The first kappa shape index (κ1) is 13.6. The van der Waals surface area contributed by atoms with Gasteiger partial charge in [0, 0.05) is 17.8 Å². The molecule has 3 atom stereocenters. The highest BCUT2D eigenvalue weighted by molar-refractivity contribution is 7.10. The minimum atomic E-state index is -1.03. The van der Waals surface area contributed by atoms with Gasteiger partial charge in [-0.1, -0.05) is 0 Å². The van der Waals surface area contributed by atoms with Gasteiger partial charge >= 0.3 is 5.97 Å². The lowest BCUT2D eigenvalue weighted by Crippen LogP contribution is -2.43. The molecule has 3 rings (SSSR count). The summed E-state index contributed by atoms with van der Waals surface area (Å²) in [5.41, 5.74) is 1.05. The van der Waals surface area contributed by atoms with E-state index in [0.717, 1.165) is 24.8 Å². The van der Waals surface area contributed by atoms with Crippen molar-refractivity contribution in [1.29, 1.82) is 0 Å². The van der Waals surface area contributed by atoms with Crippen molar-refractivity contribution in [3.8, 4) is 0 Å². The van der Waals surface area contributed by atoms with Gasteiger partial charge in [0.15, 0.2) is 0 Å². The minimum absolute atomic E-state index is 0.129. The first-order valence-electron chi connectivity index (χ1n) is 6.85. The summed E-state index contributed by atoms with van der Waals surface area (Å²) in [6, 6.07) is 1.09. The zero-order valence-electron chi connectivity index (χ0n) is 11.0. The molecule has 2 N–H and O–H groups in total. The third-order valence-electron chi connectivity index (χ3n) is 4.20. The van der Waals surface area contributed by atoms with E-state index in [0.29, 0.717) is 0 Å². The summed E-state index contributed by atoms with van der Waals surface area (Å²) in [5.74, 6) is -1.42. The van der Waals surface area contributed by atoms with Gasteiger partial charge in [-0.05, 0) is 36.3 Å². The number of aliphatic hydroxyl groups is 1. The van der Waals surface area contributed by atoms with Crippen molar-refractivity contribution >= 4 is 23.2 Å². The molecule has 1 aromatic rings. The molecule has 0 aromatic carbocycles. The minimum Gasteiger partial charge on any atom is -0.480 e. The van der Waals surface area contributed by atoms with Crippen LogP contribution in [0.2, 0.25) is 0 Å². The predicted molar refractivity (Wildman–Crippen MR) is 73.8 cm³/mol. The van der Waals surface area contributed by atoms with Crippen LogP contribution in [0.4, 0.5) is 0 Å². The maximum absolute atomic E-state index is 12.7. The van der Waals surface area contributed by atoms with E-state index in [-0.39, 0.29) is 24.8 Å². The summed E-state index contributed by atoms with van der Waals surface area (Å²) in [6.45, 7) is 0.131. The zero-order valence-corrected chi connectivity index (χ0v) is 11.8. The van der Waals surface area contributed by atoms with Gasteiger partial charge in [0.1, 0.15) is 6.04 Å². The van der Waals surface area contributed by atoms with Crippen LogP contribution in [0.3, 0.4) is 0 Å². The van der Waals surface area contributed by atoms with Gasteiger partial charge in [0.05, 0.1) is 12.0 Å². The van der Waals surface area contributed by atoms with Crippen LogP contribution in [0.5, 0.6) is 0 Å². The highest BCUT2D eigenvalue weighted by atomic mass is 32.1. The van der Waals surface area contributed by atoms with E-state index in [1.807, 2.05) is 11.4 Å². The molecule has 108 valence electrons. The van der Waals surface area contributed by atoms with Crippen LogP contribution in [-0.4, -0.2) is 45.7 Å². The average molecular weight is 295 g/mol. The van der Waals surface area contributed by atoms with E-state index in [1.54, 1.807) is 11.3 Å². The van der Waals surface area contributed by atoms with Crippen LogP contribution >= 0.6 is 11.3 Å². The molecule has 1 aliphatic carbocycles. The standard InChI is InChI=1S/C14H17NO4S/c16-8-6-11(14(18)19)15(7-8)13(17)10-2-1-3-12-9(10)4-5-20-12/h4-5,8,10-11,16H,1-3,6-7H2,(H,18,19)/t8-,10?,11-/m0/s1. The van der Waals surface area contributed by atoms with Crippen molar-refractivity contribution in [1.82, 2.24) is 4.90 Å². The molecular weight excluding hydrogens is 278 g/mol. The third-order valence-corrected chi connectivity index (χ3v) is 5.19. The molecule has 0 saturated carbocycles. The molecule has 1 aromatic heterocycles. The van der Waals surface area contributed by atoms with E-state index in [9.17, 15) is 19.8 Å². The SMILES string of the molecule is O=C(O)[C@@H]1C[C@H](O)CN1C(=O)C1CCCc2sccc21. The number of fused-ring (bicyclic) bond motifs is 1. The van der Waals surface area contributed by atoms with Crippen molar-refractivity contribution in [2.75, 3.05) is 6.54 Å². The lowest BCUT2D eigenvalue weighted by Gasteiger charge is -2.29. The number of nitrogens with zero attached hydrogens (tertiary/aromatic N) is 1. The topological polar surface area (TPSA) is 77.8 Å². The number of amides is 1. The first-order valence-corrected chi connectivity index (χ1v) is 7.73. The summed E-state index contributed by atoms with van der Waals surface area (Å²) in [6.07, 6.45) is 2.12. The Morgan fingerprint density at radius 2 is 2.20 bits per heavy atom. The van der Waals surface area contributed by atoms with Crippen LogP contribution in [-0.2, 0) is 16.0 Å². The Labute approximate surface area is 120 Å². The number of hydrogen-bond acceptors (Lipinski definition) is 4. The maximum atomic E-state index is 12.7. The fourth-order valence-electron chi connectivity index (χ4n) is 3.23. The largest absolute Gasteiger partial charge is 0.480 e. The molecule has 2 aliphatic rings. The first-order chi connectivity index (χ1) is 9.58. The van der Waals surface area contributed by atoms with Crippen molar-refractivity contribution in [3.63, 3.8) is 0 Å². The molecule has 1 saturated heterocycles. The van der Waals surface area contributed by atoms with Crippen LogP contribution in [0, 0.1) is 0 Å². The Bertz CT molecular complexity index is 541. The fourth-order valence-corrected chi connectivity index (χ4v) is 4.22. The van der Waals surface area contributed by atoms with E-state index in [1.165, 1.54) is 9.78 Å². The molecule has 1 unspecified atom stereocenters. The van der Waals surface area contributed by atoms with Gasteiger partial charge in [0.2, 0.25) is 5.91 Å². The van der Waals surface area contributed by atoms with Crippen molar-refractivity contribution < 1.29 is 19.8 Å². The van der Waals surface area contributed by atoms with Gasteiger partial charge in [-0.3, -0.25) is 4.79 Å². The Morgan fingerprint density at radius 1 is 1.40 bits per heavy atom. The maximum Gasteiger partial charge on any atom is 0.326 e. The predicted octanol–water partition coefficient (Wildman–Crippen LogP) is 1.21. The lowest BCUT2D eigenvalue weighted by molar-refractivity contribution is -0.148. The number of thiophene rings is 1. The fraction of sp³-hybridized carbons (Fsp3) is 0.571. The van der Waals surface area contributed by atoms with Crippen LogP contribution in [0.1, 0.15) is 35.6 Å². The number of aryl methyl sites for hydroxylation is 1. The van der Waals surface area contributed by atoms with Crippen LogP contribution in [0.25, 0.3) is 0 Å². The Balaban J connectivity index is 1.85. The number of carbonyl (C=O) groups is 2. The number of hydrogen-bond donors (Lipinski definition) is 2. The second-order valence-electron chi connectivity index (χ2n) is 5.48. The highest BCUT2D eigenvalue weighted by Crippen LogP contribution is 2.37. The molecule has 6 heteroatoms. The number of aliphatic carboxylic acids is 1. The molecule has 20 heavy (non-hydrogen) atoms. The van der Waals surface area contributed by atoms with Crippen molar-refractivity contribution in [2.24, 2.45) is 0 Å². The van der Waals surface area contributed by atoms with E-state index >= 15 is 0 Å². The molecule has 0 bridgehead atoms. The molecule has 1 aliphatic heterocycles. The van der Waals surface area contributed by atoms with Gasteiger partial charge in [-0.25, -0.2) is 4.79 Å². The smallest absolute Gasteiger partial charge is 0.326 e. The van der Waals surface area contributed by atoms with Gasteiger partial charge in [0.25, 0.3) is 0 Å². The molecule has 1 fully saturated rings. The van der Waals surface area contributed by atoms with Gasteiger partial charge < -0.3 is 15.1 Å². The molecule has 5 nitrogen and oxygen atoms in total. The molecule has 0 spiro atoms. The number of carboxylic acids is 1. The summed E-state index contributed by atoms with van der Waals surface area (Å²) >= 11 is 1.66. The summed E-state index contributed by atoms with van der Waals surface area (Å²) in [7, 11) is 0. The Hall–Kier alpha value is -1.40. The zero-order chi connectivity index (χ0) is 14.3. The van der Waals surface area contributed by atoms with E-state index in [4.69, 9.17) is 0 Å². The highest BCUT2D eigenvalue weighted by Gasteiger charge is 2.42. The number of likely N-dealkylation sites (tertiary alicyclic amines) is 1. The van der Waals surface area contributed by atoms with Gasteiger partial charge in [-0.2, -0.15) is 0 Å². The number of carbonyl (C=O) groups excluding carboxylic acids is 1. The number of rotatable bonds is 2. The quantitative estimate of drug-likeness (QED) is 0.860. The van der Waals surface area contributed by atoms with Crippen molar-refractivity contribution in [2.45, 2.75) is 43.7 Å². The van der Waals surface area contributed by atoms with Crippen LogP contribution < -0.4 is 0 Å². The number of aliphatic hydroxyl groups excluding tert-OH is 1. The number of carboxylic acid groups (broad SMARTS) is 1. The van der Waals surface area contributed by atoms with E-state index in [2.05, 4.69) is 0 Å². The summed E-state index contributed by atoms with van der Waals surface area (Å²) < 4.78 is 0. The summed E-state index contributed by atoms with van der Waals surface area (Å²) in [4.78, 5) is 26.5. The molecular formula is C14H17NO4S. The second kappa shape index (κ2) is 5.18. The van der Waals surface area contributed by atoms with Crippen LogP contribution in [0.15, 0.2) is 11.4 Å². The van der Waals surface area contributed by atoms with Gasteiger partial charge in [-0.15, -0.1) is 11.3 Å². The monoisotopic (exact) mass is 295 g/mol. The molecule has 0 radical (unpaired) electrons. The average Bonchev–Trinajstić information content (AvgIpc) is 3.03. The summed E-state index contributed by atoms with van der Waals surface area (Å²) in [5, 5.41) is 20.9. The van der Waals surface area contributed by atoms with E-state index < -0.39 is 18.1 Å². The third kappa shape index (κ3) is 2.23. The Morgan fingerprint density at radius 3 is 2.95 bits per heavy atom. The molecule has 1 amide bonds.